The van der Waals surface area contributed by atoms with Gasteiger partial charge >= 0.3 is 6.03 Å². The highest BCUT2D eigenvalue weighted by molar-refractivity contribution is 5.89. The van der Waals surface area contributed by atoms with Gasteiger partial charge in [0.2, 0.25) is 11.8 Å². The Kier molecular flexibility index (Phi) is 5.33. The van der Waals surface area contributed by atoms with Gasteiger partial charge in [-0.3, -0.25) is 0 Å². The molecule has 2 heterocycles. The highest BCUT2D eigenvalue weighted by Crippen LogP contribution is 2.23. The highest BCUT2D eigenvalue weighted by atomic mass is 16.5. The van der Waals surface area contributed by atoms with E-state index in [1.165, 1.54) is 0 Å². The number of ether oxygens (including phenoxy) is 1. The molecule has 1 atom stereocenters. The monoisotopic (exact) mass is 344 g/mol. The van der Waals surface area contributed by atoms with Crippen LogP contribution >= 0.6 is 0 Å². The van der Waals surface area contributed by atoms with E-state index < -0.39 is 0 Å². The molecule has 134 valence electrons. The molecule has 7 heteroatoms. The number of carbonyl (C=O) groups is 1. The number of nitrogens with zero attached hydrogens (tertiary/aromatic N) is 2. The zero-order valence-corrected chi connectivity index (χ0v) is 14.7. The van der Waals surface area contributed by atoms with Gasteiger partial charge in [-0.05, 0) is 50.5 Å². The quantitative estimate of drug-likeness (QED) is 0.868. The number of urea groups is 1. The molecule has 0 radical (unpaired) electrons. The molecule has 1 aliphatic rings. The number of amides is 2. The van der Waals surface area contributed by atoms with Crippen LogP contribution in [0.15, 0.2) is 28.7 Å². The van der Waals surface area contributed by atoms with Crippen LogP contribution < -0.4 is 10.6 Å². The van der Waals surface area contributed by atoms with E-state index in [-0.39, 0.29) is 11.6 Å². The molecule has 2 N–H and O–H groups in total. The summed E-state index contributed by atoms with van der Waals surface area (Å²) in [5, 5.41) is 13.7. The molecule has 25 heavy (non-hydrogen) atoms. The fourth-order valence-electron chi connectivity index (χ4n) is 2.78. The molecule has 1 unspecified atom stereocenters. The van der Waals surface area contributed by atoms with Crippen LogP contribution in [0.2, 0.25) is 0 Å². The first-order valence-electron chi connectivity index (χ1n) is 8.70. The van der Waals surface area contributed by atoms with Crippen LogP contribution in [-0.4, -0.2) is 35.0 Å². The summed E-state index contributed by atoms with van der Waals surface area (Å²) >= 11 is 0. The van der Waals surface area contributed by atoms with Crippen LogP contribution in [-0.2, 0) is 11.2 Å². The summed E-state index contributed by atoms with van der Waals surface area (Å²) in [5.74, 6) is 1.09. The molecule has 1 aromatic heterocycles. The largest absolute Gasteiger partial charge is 0.421 e. The van der Waals surface area contributed by atoms with Gasteiger partial charge in [-0.25, -0.2) is 4.79 Å². The summed E-state index contributed by atoms with van der Waals surface area (Å²) in [6.07, 6.45) is 3.89. The van der Waals surface area contributed by atoms with Crippen molar-refractivity contribution >= 4 is 11.7 Å². The Bertz CT molecular complexity index is 705. The van der Waals surface area contributed by atoms with Gasteiger partial charge in [0, 0.05) is 30.8 Å². The SMILES string of the molecule is CCc1nnc(-c2ccc(NC(=O)NCC3(C)CCCCO3)cc2)o1. The van der Waals surface area contributed by atoms with Gasteiger partial charge in [0.05, 0.1) is 5.60 Å². The summed E-state index contributed by atoms with van der Waals surface area (Å²) in [7, 11) is 0. The van der Waals surface area contributed by atoms with Crippen molar-refractivity contribution in [2.24, 2.45) is 0 Å². The fraction of sp³-hybridized carbons (Fsp3) is 0.500. The molecule has 2 amide bonds. The Morgan fingerprint density at radius 1 is 1.24 bits per heavy atom. The number of hydrogen-bond acceptors (Lipinski definition) is 5. The van der Waals surface area contributed by atoms with Crippen LogP contribution in [0, 0.1) is 0 Å². The molecular formula is C18H24N4O3. The third-order valence-electron chi connectivity index (χ3n) is 4.33. The van der Waals surface area contributed by atoms with Crippen LogP contribution in [0.25, 0.3) is 11.5 Å². The van der Waals surface area contributed by atoms with Crippen molar-refractivity contribution in [2.45, 2.75) is 45.1 Å². The van der Waals surface area contributed by atoms with E-state index in [0.717, 1.165) is 31.4 Å². The normalized spacial score (nSPS) is 20.2. The first kappa shape index (κ1) is 17.4. The third kappa shape index (κ3) is 4.57. The van der Waals surface area contributed by atoms with E-state index >= 15 is 0 Å². The minimum Gasteiger partial charge on any atom is -0.421 e. The second kappa shape index (κ2) is 7.65. The molecule has 0 spiro atoms. The van der Waals surface area contributed by atoms with E-state index in [0.29, 0.717) is 30.4 Å². The van der Waals surface area contributed by atoms with Gasteiger partial charge in [-0.15, -0.1) is 10.2 Å². The van der Waals surface area contributed by atoms with Gasteiger partial charge in [0.15, 0.2) is 0 Å². The molecule has 1 saturated heterocycles. The Hall–Kier alpha value is -2.41. The number of anilines is 1. The first-order chi connectivity index (χ1) is 12.1. The lowest BCUT2D eigenvalue weighted by Crippen LogP contribution is -2.45. The van der Waals surface area contributed by atoms with Crippen molar-refractivity contribution in [2.75, 3.05) is 18.5 Å². The lowest BCUT2D eigenvalue weighted by Gasteiger charge is -2.33. The number of hydrogen-bond donors (Lipinski definition) is 2. The lowest BCUT2D eigenvalue weighted by atomic mass is 9.96. The second-order valence-electron chi connectivity index (χ2n) is 6.50. The standard InChI is InChI=1S/C18H24N4O3/c1-3-15-21-22-16(25-15)13-6-8-14(9-7-13)20-17(23)19-12-18(2)10-4-5-11-24-18/h6-9H,3-5,10-12H2,1-2H3,(H2,19,20,23). The topological polar surface area (TPSA) is 89.3 Å². The maximum absolute atomic E-state index is 12.1. The fourth-order valence-corrected chi connectivity index (χ4v) is 2.78. The van der Waals surface area contributed by atoms with Gasteiger partial charge in [0.1, 0.15) is 0 Å². The Morgan fingerprint density at radius 2 is 2.04 bits per heavy atom. The Labute approximate surface area is 147 Å². The summed E-state index contributed by atoms with van der Waals surface area (Å²) in [4.78, 5) is 12.1. The zero-order chi connectivity index (χ0) is 17.7. The summed E-state index contributed by atoms with van der Waals surface area (Å²) in [6.45, 7) is 5.26. The van der Waals surface area contributed by atoms with Crippen molar-refractivity contribution in [1.29, 1.82) is 0 Å². The van der Waals surface area contributed by atoms with Gasteiger partial charge < -0.3 is 19.8 Å². The Morgan fingerprint density at radius 3 is 2.68 bits per heavy atom. The lowest BCUT2D eigenvalue weighted by molar-refractivity contribution is -0.0612. The minimum atomic E-state index is -0.269. The minimum absolute atomic E-state index is 0.241. The molecule has 3 rings (SSSR count). The number of benzene rings is 1. The number of rotatable bonds is 5. The van der Waals surface area contributed by atoms with E-state index in [1.807, 2.05) is 38.1 Å². The molecule has 0 saturated carbocycles. The summed E-state index contributed by atoms with van der Waals surface area (Å²) < 4.78 is 11.3. The molecule has 1 aliphatic heterocycles. The molecule has 7 nitrogen and oxygen atoms in total. The first-order valence-corrected chi connectivity index (χ1v) is 8.70. The molecule has 1 fully saturated rings. The van der Waals surface area contributed by atoms with E-state index in [9.17, 15) is 4.79 Å². The van der Waals surface area contributed by atoms with Crippen molar-refractivity contribution in [3.05, 3.63) is 30.2 Å². The van der Waals surface area contributed by atoms with Crippen LogP contribution in [0.4, 0.5) is 10.5 Å². The van der Waals surface area contributed by atoms with E-state index in [4.69, 9.17) is 9.15 Å². The van der Waals surface area contributed by atoms with E-state index in [2.05, 4.69) is 20.8 Å². The zero-order valence-electron chi connectivity index (χ0n) is 14.7. The second-order valence-corrected chi connectivity index (χ2v) is 6.50. The predicted octanol–water partition coefficient (Wildman–Crippen LogP) is 3.38. The molecule has 0 aliphatic carbocycles. The van der Waals surface area contributed by atoms with E-state index in [1.54, 1.807) is 0 Å². The maximum Gasteiger partial charge on any atom is 0.319 e. The van der Waals surface area contributed by atoms with Gasteiger partial charge in [0.25, 0.3) is 0 Å². The van der Waals surface area contributed by atoms with Crippen molar-refractivity contribution in [3.63, 3.8) is 0 Å². The number of aryl methyl sites for hydroxylation is 1. The molecule has 0 bridgehead atoms. The van der Waals surface area contributed by atoms with Crippen LogP contribution in [0.5, 0.6) is 0 Å². The summed E-state index contributed by atoms with van der Waals surface area (Å²) in [6, 6.07) is 7.06. The predicted molar refractivity (Wildman–Crippen MR) is 94.3 cm³/mol. The third-order valence-corrected chi connectivity index (χ3v) is 4.33. The summed E-state index contributed by atoms with van der Waals surface area (Å²) in [5.41, 5.74) is 1.25. The molecule has 2 aromatic rings. The van der Waals surface area contributed by atoms with Crippen LogP contribution in [0.3, 0.4) is 0 Å². The van der Waals surface area contributed by atoms with Crippen LogP contribution in [0.1, 0.15) is 39.0 Å². The van der Waals surface area contributed by atoms with Crippen molar-refractivity contribution in [3.8, 4) is 11.5 Å². The number of nitrogens with one attached hydrogen (secondary N) is 2. The molecule has 1 aromatic carbocycles. The smallest absolute Gasteiger partial charge is 0.319 e. The Balaban J connectivity index is 1.53. The number of carbonyl (C=O) groups excluding carboxylic acids is 1. The van der Waals surface area contributed by atoms with Gasteiger partial charge in [-0.1, -0.05) is 6.92 Å². The maximum atomic E-state index is 12.1. The molecular weight excluding hydrogens is 320 g/mol. The highest BCUT2D eigenvalue weighted by Gasteiger charge is 2.28. The average molecular weight is 344 g/mol. The average Bonchev–Trinajstić information content (AvgIpc) is 3.11. The number of aromatic nitrogens is 2. The van der Waals surface area contributed by atoms with Gasteiger partial charge in [-0.2, -0.15) is 0 Å². The van der Waals surface area contributed by atoms with Crippen molar-refractivity contribution in [1.82, 2.24) is 15.5 Å². The van der Waals surface area contributed by atoms with Crippen molar-refractivity contribution < 1.29 is 13.9 Å².